The Balaban J connectivity index is 1.86. The summed E-state index contributed by atoms with van der Waals surface area (Å²) in [6.07, 6.45) is 15.4. The highest BCUT2D eigenvalue weighted by Gasteiger charge is 2.33. The number of aromatic hydroxyl groups is 1. The van der Waals surface area contributed by atoms with Crippen LogP contribution in [0.3, 0.4) is 0 Å². The summed E-state index contributed by atoms with van der Waals surface area (Å²) in [5.41, 5.74) is 6.59. The van der Waals surface area contributed by atoms with Crippen LogP contribution in [0.1, 0.15) is 96.3 Å². The number of benzene rings is 1. The number of aryl methyl sites for hydroxylation is 1. The monoisotopic (exact) mass is 426 g/mol. The summed E-state index contributed by atoms with van der Waals surface area (Å²) >= 11 is 0. The molecule has 0 aromatic heterocycles. The summed E-state index contributed by atoms with van der Waals surface area (Å²) in [5, 5.41) is 19.7. The van der Waals surface area contributed by atoms with Crippen molar-refractivity contribution in [2.45, 2.75) is 105 Å². The first-order valence-electron chi connectivity index (χ1n) is 11.7. The van der Waals surface area contributed by atoms with Crippen molar-refractivity contribution in [1.82, 2.24) is 0 Å². The Morgan fingerprint density at radius 3 is 2.26 bits per heavy atom. The lowest BCUT2D eigenvalue weighted by molar-refractivity contribution is 0.0558. The quantitative estimate of drug-likeness (QED) is 0.381. The van der Waals surface area contributed by atoms with Crippen LogP contribution in [-0.2, 0) is 13.0 Å². The van der Waals surface area contributed by atoms with Crippen LogP contribution in [0.5, 0.6) is 11.5 Å². The molecule has 1 heterocycles. The standard InChI is InChI=1S/C28H42O3/c1-20(2)10-7-11-21(3)12-8-13-22(4)14-9-16-28(6)17-15-24-18-26(30)25(19-29)23(5)27(24)31-28/h10,12,14,18,29-30H,7-9,11,13,15-17,19H2,1-6H3/b21-12+,22-14+/t28-/m1/s1. The van der Waals surface area contributed by atoms with Crippen molar-refractivity contribution in [3.05, 3.63) is 57.7 Å². The van der Waals surface area contributed by atoms with Gasteiger partial charge in [0.15, 0.2) is 0 Å². The molecule has 2 rings (SSSR count). The Morgan fingerprint density at radius 1 is 1.03 bits per heavy atom. The van der Waals surface area contributed by atoms with Gasteiger partial charge in [-0.15, -0.1) is 0 Å². The Labute approximate surface area is 189 Å². The summed E-state index contributed by atoms with van der Waals surface area (Å²) in [5.74, 6) is 1.02. The topological polar surface area (TPSA) is 49.7 Å². The van der Waals surface area contributed by atoms with Gasteiger partial charge in [0, 0.05) is 11.1 Å². The molecule has 172 valence electrons. The largest absolute Gasteiger partial charge is 0.508 e. The van der Waals surface area contributed by atoms with Gasteiger partial charge in [0.2, 0.25) is 0 Å². The van der Waals surface area contributed by atoms with E-state index >= 15 is 0 Å². The fourth-order valence-electron chi connectivity index (χ4n) is 4.25. The number of rotatable bonds is 10. The highest BCUT2D eigenvalue weighted by atomic mass is 16.5. The Hall–Kier alpha value is -2.00. The van der Waals surface area contributed by atoms with E-state index in [1.54, 1.807) is 6.07 Å². The molecule has 0 spiro atoms. The molecule has 1 aromatic rings. The van der Waals surface area contributed by atoms with E-state index < -0.39 is 0 Å². The zero-order chi connectivity index (χ0) is 23.0. The van der Waals surface area contributed by atoms with E-state index in [0.29, 0.717) is 5.56 Å². The summed E-state index contributed by atoms with van der Waals surface area (Å²) in [7, 11) is 0. The molecule has 0 fully saturated rings. The average molecular weight is 427 g/mol. The van der Waals surface area contributed by atoms with Gasteiger partial charge in [-0.25, -0.2) is 0 Å². The zero-order valence-corrected chi connectivity index (χ0v) is 20.5. The third-order valence-corrected chi connectivity index (χ3v) is 6.42. The molecule has 2 N–H and O–H groups in total. The van der Waals surface area contributed by atoms with Crippen LogP contribution in [0.4, 0.5) is 0 Å². The lowest BCUT2D eigenvalue weighted by atomic mass is 9.86. The SMILES string of the molecule is CC(C)=CCC/C(C)=C/CC/C(C)=C/CC[C@]1(C)CCc2cc(O)c(CO)c(C)c2O1. The molecule has 1 atom stereocenters. The number of hydrogen-bond acceptors (Lipinski definition) is 3. The molecule has 1 aromatic carbocycles. The first-order chi connectivity index (χ1) is 14.6. The van der Waals surface area contributed by atoms with Gasteiger partial charge in [-0.2, -0.15) is 0 Å². The highest BCUT2D eigenvalue weighted by Crippen LogP contribution is 2.42. The highest BCUT2D eigenvalue weighted by molar-refractivity contribution is 5.53. The van der Waals surface area contributed by atoms with Gasteiger partial charge in [0.1, 0.15) is 17.1 Å². The molecule has 0 bridgehead atoms. The van der Waals surface area contributed by atoms with Crippen LogP contribution in [0.2, 0.25) is 0 Å². The maximum Gasteiger partial charge on any atom is 0.126 e. The first-order valence-corrected chi connectivity index (χ1v) is 11.7. The molecule has 0 unspecified atom stereocenters. The summed E-state index contributed by atoms with van der Waals surface area (Å²) < 4.78 is 6.43. The van der Waals surface area contributed by atoms with Crippen LogP contribution in [0, 0.1) is 6.92 Å². The van der Waals surface area contributed by atoms with Crippen LogP contribution < -0.4 is 4.74 Å². The maximum atomic E-state index is 10.1. The number of aliphatic hydroxyl groups is 1. The maximum absolute atomic E-state index is 10.1. The molecule has 31 heavy (non-hydrogen) atoms. The normalized spacial score (nSPS) is 19.1. The average Bonchev–Trinajstić information content (AvgIpc) is 2.69. The van der Waals surface area contributed by atoms with Crippen molar-refractivity contribution < 1.29 is 14.9 Å². The third kappa shape index (κ3) is 7.57. The van der Waals surface area contributed by atoms with Crippen LogP contribution >= 0.6 is 0 Å². The van der Waals surface area contributed by atoms with Gasteiger partial charge in [0.25, 0.3) is 0 Å². The van der Waals surface area contributed by atoms with E-state index in [9.17, 15) is 10.2 Å². The number of ether oxygens (including phenoxy) is 1. The molecule has 1 aliphatic rings. The van der Waals surface area contributed by atoms with E-state index in [2.05, 4.69) is 52.8 Å². The minimum atomic E-state index is -0.209. The lowest BCUT2D eigenvalue weighted by Crippen LogP contribution is -2.36. The summed E-state index contributed by atoms with van der Waals surface area (Å²) in [4.78, 5) is 0. The van der Waals surface area contributed by atoms with E-state index in [1.807, 2.05) is 6.92 Å². The second-order valence-electron chi connectivity index (χ2n) is 9.70. The number of allylic oxidation sites excluding steroid dienone is 6. The first kappa shape index (κ1) is 25.3. The summed E-state index contributed by atoms with van der Waals surface area (Å²) in [6.45, 7) is 12.7. The van der Waals surface area contributed by atoms with Gasteiger partial charge >= 0.3 is 0 Å². The third-order valence-electron chi connectivity index (χ3n) is 6.42. The predicted molar refractivity (Wildman–Crippen MR) is 131 cm³/mol. The number of aliphatic hydroxyl groups excluding tert-OH is 1. The molecule has 0 amide bonds. The van der Waals surface area contributed by atoms with Crippen molar-refractivity contribution >= 4 is 0 Å². The lowest BCUT2D eigenvalue weighted by Gasteiger charge is -2.37. The van der Waals surface area contributed by atoms with Gasteiger partial charge in [0.05, 0.1) is 6.61 Å². The second kappa shape index (κ2) is 11.6. The van der Waals surface area contributed by atoms with Crippen molar-refractivity contribution in [2.24, 2.45) is 0 Å². The molecule has 0 saturated carbocycles. The van der Waals surface area contributed by atoms with Crippen LogP contribution in [0.15, 0.2) is 41.0 Å². The number of hydrogen-bond donors (Lipinski definition) is 2. The molecule has 0 radical (unpaired) electrons. The minimum Gasteiger partial charge on any atom is -0.508 e. The van der Waals surface area contributed by atoms with Gasteiger partial charge in [-0.3, -0.25) is 0 Å². The molecular formula is C28H42O3. The van der Waals surface area contributed by atoms with Gasteiger partial charge < -0.3 is 14.9 Å². The van der Waals surface area contributed by atoms with Crippen molar-refractivity contribution in [2.75, 3.05) is 0 Å². The van der Waals surface area contributed by atoms with Crippen LogP contribution in [-0.4, -0.2) is 15.8 Å². The Morgan fingerprint density at radius 2 is 1.65 bits per heavy atom. The van der Waals surface area contributed by atoms with E-state index in [-0.39, 0.29) is 18.0 Å². The number of fused-ring (bicyclic) bond motifs is 1. The molecule has 0 saturated heterocycles. The molecule has 3 heteroatoms. The molecule has 0 aliphatic carbocycles. The van der Waals surface area contributed by atoms with E-state index in [4.69, 9.17) is 4.74 Å². The minimum absolute atomic E-state index is 0.171. The predicted octanol–water partition coefficient (Wildman–Crippen LogP) is 7.48. The van der Waals surface area contributed by atoms with Gasteiger partial charge in [-0.1, -0.05) is 34.9 Å². The zero-order valence-electron chi connectivity index (χ0n) is 20.5. The van der Waals surface area contributed by atoms with Crippen LogP contribution in [0.25, 0.3) is 0 Å². The number of phenols is 1. The molecule has 1 aliphatic heterocycles. The van der Waals surface area contributed by atoms with Crippen molar-refractivity contribution in [3.8, 4) is 11.5 Å². The van der Waals surface area contributed by atoms with E-state index in [0.717, 1.165) is 68.2 Å². The van der Waals surface area contributed by atoms with E-state index in [1.165, 1.54) is 16.7 Å². The van der Waals surface area contributed by atoms with Crippen molar-refractivity contribution in [1.29, 1.82) is 0 Å². The second-order valence-corrected chi connectivity index (χ2v) is 9.70. The fourth-order valence-corrected chi connectivity index (χ4v) is 4.25. The molecular weight excluding hydrogens is 384 g/mol. The Kier molecular flexibility index (Phi) is 9.43. The summed E-state index contributed by atoms with van der Waals surface area (Å²) in [6, 6.07) is 1.76. The Bertz CT molecular complexity index is 840. The fraction of sp³-hybridized carbons (Fsp3) is 0.571. The van der Waals surface area contributed by atoms with Gasteiger partial charge in [-0.05, 0) is 105 Å². The smallest absolute Gasteiger partial charge is 0.126 e. The van der Waals surface area contributed by atoms with Crippen molar-refractivity contribution in [3.63, 3.8) is 0 Å². The molecule has 3 nitrogen and oxygen atoms in total.